The lowest BCUT2D eigenvalue weighted by Crippen LogP contribution is -2.28. The Labute approximate surface area is 130 Å². The van der Waals surface area contributed by atoms with Crippen LogP contribution in [0.2, 0.25) is 0 Å². The van der Waals surface area contributed by atoms with Crippen LogP contribution in [0, 0.1) is 12.8 Å². The molecule has 21 heavy (non-hydrogen) atoms. The highest BCUT2D eigenvalue weighted by atomic mass is 15.2. The minimum absolute atomic E-state index is 0.803. The van der Waals surface area contributed by atoms with Crippen LogP contribution in [0.15, 0.2) is 18.2 Å². The van der Waals surface area contributed by atoms with Gasteiger partial charge in [0.2, 0.25) is 0 Å². The Kier molecular flexibility index (Phi) is 6.07. The molecule has 1 aliphatic rings. The van der Waals surface area contributed by atoms with Crippen LogP contribution in [-0.4, -0.2) is 45.2 Å². The van der Waals surface area contributed by atoms with Gasteiger partial charge in [-0.2, -0.15) is 0 Å². The summed E-state index contributed by atoms with van der Waals surface area (Å²) in [5, 5.41) is 3.54. The van der Waals surface area contributed by atoms with Gasteiger partial charge in [0.05, 0.1) is 0 Å². The first-order valence-corrected chi connectivity index (χ1v) is 8.30. The van der Waals surface area contributed by atoms with Gasteiger partial charge in [0, 0.05) is 32.4 Å². The molecule has 1 aromatic rings. The first kappa shape index (κ1) is 16.3. The van der Waals surface area contributed by atoms with Crippen LogP contribution >= 0.6 is 0 Å². The van der Waals surface area contributed by atoms with E-state index in [1.165, 1.54) is 42.7 Å². The zero-order valence-corrected chi connectivity index (χ0v) is 14.2. The fourth-order valence-electron chi connectivity index (χ4n) is 3.29. The van der Waals surface area contributed by atoms with E-state index in [0.717, 1.165) is 25.6 Å². The van der Waals surface area contributed by atoms with Crippen molar-refractivity contribution in [1.82, 2.24) is 10.2 Å². The summed E-state index contributed by atoms with van der Waals surface area (Å²) in [6, 6.07) is 6.85. The fourth-order valence-corrected chi connectivity index (χ4v) is 3.29. The summed E-state index contributed by atoms with van der Waals surface area (Å²) in [7, 11) is 4.47. The molecule has 2 rings (SSSR count). The number of nitrogens with one attached hydrogen (secondary N) is 1. The highest BCUT2D eigenvalue weighted by Crippen LogP contribution is 2.24. The molecule has 0 aliphatic carbocycles. The van der Waals surface area contributed by atoms with Crippen LogP contribution in [0.1, 0.15) is 30.9 Å². The molecule has 118 valence electrons. The molecule has 1 N–H and O–H groups in total. The van der Waals surface area contributed by atoms with Gasteiger partial charge in [-0.25, -0.2) is 0 Å². The summed E-state index contributed by atoms with van der Waals surface area (Å²) in [5.41, 5.74) is 4.16. The molecular weight excluding hydrogens is 258 g/mol. The lowest BCUT2D eigenvalue weighted by molar-refractivity contribution is 0.396. The van der Waals surface area contributed by atoms with Gasteiger partial charge in [-0.3, -0.25) is 0 Å². The smallest absolute Gasteiger partial charge is 0.0409 e. The second-order valence-electron chi connectivity index (χ2n) is 6.61. The maximum absolute atomic E-state index is 3.54. The maximum atomic E-state index is 3.54. The van der Waals surface area contributed by atoms with Crippen molar-refractivity contribution in [3.8, 4) is 0 Å². The van der Waals surface area contributed by atoms with E-state index in [1.807, 2.05) is 0 Å². The number of hydrogen-bond acceptors (Lipinski definition) is 3. The molecule has 0 amide bonds. The van der Waals surface area contributed by atoms with Crippen LogP contribution in [0.4, 0.5) is 5.69 Å². The van der Waals surface area contributed by atoms with Gasteiger partial charge < -0.3 is 15.1 Å². The maximum Gasteiger partial charge on any atom is 0.0409 e. The van der Waals surface area contributed by atoms with Crippen molar-refractivity contribution in [3.63, 3.8) is 0 Å². The van der Waals surface area contributed by atoms with Crippen molar-refractivity contribution in [2.24, 2.45) is 5.92 Å². The van der Waals surface area contributed by atoms with Crippen LogP contribution < -0.4 is 10.2 Å². The van der Waals surface area contributed by atoms with Crippen LogP contribution in [0.3, 0.4) is 0 Å². The normalized spacial score (nSPS) is 19.1. The fraction of sp³-hybridized carbons (Fsp3) is 0.667. The molecule has 0 bridgehead atoms. The number of likely N-dealkylation sites (tertiary alicyclic amines) is 1. The van der Waals surface area contributed by atoms with Gasteiger partial charge in [-0.1, -0.05) is 24.6 Å². The third-order valence-corrected chi connectivity index (χ3v) is 4.41. The topological polar surface area (TPSA) is 18.5 Å². The Morgan fingerprint density at radius 1 is 1.38 bits per heavy atom. The third kappa shape index (κ3) is 4.72. The van der Waals surface area contributed by atoms with Crippen LogP contribution in [0.5, 0.6) is 0 Å². The minimum atomic E-state index is 0.803. The summed E-state index contributed by atoms with van der Waals surface area (Å²) in [4.78, 5) is 4.89. The Bertz CT molecular complexity index is 444. The van der Waals surface area contributed by atoms with Crippen molar-refractivity contribution in [2.75, 3.05) is 45.2 Å². The van der Waals surface area contributed by atoms with Gasteiger partial charge in [0.15, 0.2) is 0 Å². The largest absolute Gasteiger partial charge is 0.374 e. The standard InChI is InChI=1S/C18H31N3/c1-5-9-19-12-17-11-15(2)6-7-18(17)21(4)14-16-8-10-20(3)13-16/h6-7,11,16,19H,5,8-10,12-14H2,1-4H3. The molecule has 1 aromatic carbocycles. The number of hydrogen-bond donors (Lipinski definition) is 1. The van der Waals surface area contributed by atoms with Crippen molar-refractivity contribution >= 4 is 5.69 Å². The number of benzene rings is 1. The van der Waals surface area contributed by atoms with Gasteiger partial charge in [0.25, 0.3) is 0 Å². The summed E-state index contributed by atoms with van der Waals surface area (Å²) in [5.74, 6) is 0.803. The summed E-state index contributed by atoms with van der Waals surface area (Å²) < 4.78 is 0. The first-order chi connectivity index (χ1) is 10.1. The molecule has 0 radical (unpaired) electrons. The first-order valence-electron chi connectivity index (χ1n) is 8.30. The Balaban J connectivity index is 2.02. The summed E-state index contributed by atoms with van der Waals surface area (Å²) in [6.45, 7) is 10.1. The molecule has 3 heteroatoms. The quantitative estimate of drug-likeness (QED) is 0.779. The third-order valence-electron chi connectivity index (χ3n) is 4.41. The SMILES string of the molecule is CCCNCc1cc(C)ccc1N(C)CC1CCN(C)C1. The second-order valence-corrected chi connectivity index (χ2v) is 6.61. The van der Waals surface area contributed by atoms with E-state index in [0.29, 0.717) is 0 Å². The molecule has 0 aromatic heterocycles. The Morgan fingerprint density at radius 3 is 2.86 bits per heavy atom. The van der Waals surface area contributed by atoms with Crippen LogP contribution in [-0.2, 0) is 6.54 Å². The molecule has 1 fully saturated rings. The number of nitrogens with zero attached hydrogens (tertiary/aromatic N) is 2. The van der Waals surface area contributed by atoms with Gasteiger partial charge in [0.1, 0.15) is 0 Å². The van der Waals surface area contributed by atoms with Gasteiger partial charge in [-0.05, 0) is 57.5 Å². The number of anilines is 1. The van der Waals surface area contributed by atoms with Crippen LogP contribution in [0.25, 0.3) is 0 Å². The van der Waals surface area contributed by atoms with E-state index in [4.69, 9.17) is 0 Å². The molecule has 0 spiro atoms. The molecule has 1 atom stereocenters. The van der Waals surface area contributed by atoms with E-state index in [-0.39, 0.29) is 0 Å². The molecule has 1 heterocycles. The Morgan fingerprint density at radius 2 is 2.19 bits per heavy atom. The van der Waals surface area contributed by atoms with E-state index >= 15 is 0 Å². The van der Waals surface area contributed by atoms with Crippen molar-refractivity contribution in [3.05, 3.63) is 29.3 Å². The van der Waals surface area contributed by atoms with Crippen molar-refractivity contribution in [2.45, 2.75) is 33.2 Å². The number of rotatable bonds is 7. The van der Waals surface area contributed by atoms with E-state index < -0.39 is 0 Å². The monoisotopic (exact) mass is 289 g/mol. The summed E-state index contributed by atoms with van der Waals surface area (Å²) >= 11 is 0. The van der Waals surface area contributed by atoms with E-state index in [9.17, 15) is 0 Å². The van der Waals surface area contributed by atoms with E-state index in [2.05, 4.69) is 61.3 Å². The molecule has 1 aliphatic heterocycles. The zero-order chi connectivity index (χ0) is 15.2. The summed E-state index contributed by atoms with van der Waals surface area (Å²) in [6.07, 6.45) is 2.52. The second kappa shape index (κ2) is 7.81. The highest BCUT2D eigenvalue weighted by molar-refractivity contribution is 5.54. The molecule has 1 saturated heterocycles. The predicted octanol–water partition coefficient (Wildman–Crippen LogP) is 2.88. The average molecular weight is 289 g/mol. The molecule has 1 unspecified atom stereocenters. The van der Waals surface area contributed by atoms with E-state index in [1.54, 1.807) is 0 Å². The zero-order valence-electron chi connectivity index (χ0n) is 14.2. The predicted molar refractivity (Wildman–Crippen MR) is 92.1 cm³/mol. The number of aryl methyl sites for hydroxylation is 1. The lowest BCUT2D eigenvalue weighted by Gasteiger charge is -2.26. The van der Waals surface area contributed by atoms with Crippen molar-refractivity contribution in [1.29, 1.82) is 0 Å². The average Bonchev–Trinajstić information content (AvgIpc) is 2.84. The minimum Gasteiger partial charge on any atom is -0.374 e. The molecular formula is C18H31N3. The molecule has 0 saturated carbocycles. The van der Waals surface area contributed by atoms with Crippen molar-refractivity contribution < 1.29 is 0 Å². The molecule has 3 nitrogen and oxygen atoms in total. The lowest BCUT2D eigenvalue weighted by atomic mass is 10.1. The Hall–Kier alpha value is -1.06. The highest BCUT2D eigenvalue weighted by Gasteiger charge is 2.21. The van der Waals surface area contributed by atoms with Gasteiger partial charge in [-0.15, -0.1) is 0 Å². The van der Waals surface area contributed by atoms with Gasteiger partial charge >= 0.3 is 0 Å².